The molecular weight excluding hydrogens is 519 g/mol. The summed E-state index contributed by atoms with van der Waals surface area (Å²) in [5.41, 5.74) is 3.26. The summed E-state index contributed by atoms with van der Waals surface area (Å²) < 4.78 is 41.9. The molecule has 7 nitrogen and oxygen atoms in total. The van der Waals surface area contributed by atoms with E-state index in [1.165, 1.54) is 18.3 Å². The van der Waals surface area contributed by atoms with Crippen molar-refractivity contribution in [1.29, 1.82) is 0 Å². The Balaban J connectivity index is 1.40. The van der Waals surface area contributed by atoms with Crippen LogP contribution in [-0.4, -0.2) is 31.9 Å². The van der Waals surface area contributed by atoms with Crippen molar-refractivity contribution >= 4 is 22.6 Å². The Bertz CT molecular complexity index is 1750. The maximum atomic E-state index is 13.5. The Morgan fingerprint density at radius 1 is 1.05 bits per heavy atom. The summed E-state index contributed by atoms with van der Waals surface area (Å²) in [6.45, 7) is 0. The number of carbonyl (C=O) groups excluding carboxylic acids is 1. The SMILES string of the molecule is O=C(Nc1cc(-c2[nH]c3ccn(C4CC4)c(=O)c3c2-c2ccccn2)ccn1)C(CC(F)F)c1ccc(F)cc1. The molecule has 4 aromatic heterocycles. The first-order chi connectivity index (χ1) is 19.4. The Labute approximate surface area is 226 Å². The zero-order chi connectivity index (χ0) is 27.8. The minimum atomic E-state index is -2.74. The number of H-pyrrole nitrogens is 1. The van der Waals surface area contributed by atoms with Crippen LogP contribution < -0.4 is 10.9 Å². The molecule has 1 aliphatic carbocycles. The zero-order valence-corrected chi connectivity index (χ0v) is 21.2. The molecular formula is C30H24F3N5O2. The van der Waals surface area contributed by atoms with E-state index in [1.54, 1.807) is 35.2 Å². The van der Waals surface area contributed by atoms with Gasteiger partial charge in [0.05, 0.1) is 28.2 Å². The molecule has 0 bridgehead atoms. The molecule has 5 aromatic rings. The summed E-state index contributed by atoms with van der Waals surface area (Å²) in [7, 11) is 0. The Morgan fingerprint density at radius 3 is 2.55 bits per heavy atom. The van der Waals surface area contributed by atoms with E-state index in [4.69, 9.17) is 0 Å². The molecule has 0 aliphatic heterocycles. The van der Waals surface area contributed by atoms with Crippen LogP contribution in [0.25, 0.3) is 33.4 Å². The number of halogens is 3. The minimum absolute atomic E-state index is 0.111. The summed E-state index contributed by atoms with van der Waals surface area (Å²) in [5.74, 6) is -2.28. The van der Waals surface area contributed by atoms with Crippen molar-refractivity contribution in [1.82, 2.24) is 19.5 Å². The number of aromatic amines is 1. The Morgan fingerprint density at radius 2 is 1.85 bits per heavy atom. The van der Waals surface area contributed by atoms with Gasteiger partial charge in [-0.2, -0.15) is 0 Å². The number of fused-ring (bicyclic) bond motifs is 1. The number of alkyl halides is 2. The molecule has 2 N–H and O–H groups in total. The number of carbonyl (C=O) groups is 1. The van der Waals surface area contributed by atoms with Crippen LogP contribution in [-0.2, 0) is 4.79 Å². The van der Waals surface area contributed by atoms with Crippen molar-refractivity contribution < 1.29 is 18.0 Å². The number of nitrogens with zero attached hydrogens (tertiary/aromatic N) is 3. The van der Waals surface area contributed by atoms with Crippen LogP contribution >= 0.6 is 0 Å². The molecule has 40 heavy (non-hydrogen) atoms. The maximum absolute atomic E-state index is 13.5. The van der Waals surface area contributed by atoms with Crippen molar-refractivity contribution in [3.8, 4) is 22.5 Å². The van der Waals surface area contributed by atoms with Gasteiger partial charge in [0.1, 0.15) is 11.6 Å². The predicted molar refractivity (Wildman–Crippen MR) is 146 cm³/mol. The van der Waals surface area contributed by atoms with Crippen molar-refractivity contribution in [3.63, 3.8) is 0 Å². The number of aromatic nitrogens is 4. The predicted octanol–water partition coefficient (Wildman–Crippen LogP) is 6.31. The average Bonchev–Trinajstić information content (AvgIpc) is 3.72. The van der Waals surface area contributed by atoms with Gasteiger partial charge in [0.2, 0.25) is 12.3 Å². The third kappa shape index (κ3) is 5.00. The first kappa shape index (κ1) is 25.5. The van der Waals surface area contributed by atoms with E-state index < -0.39 is 30.5 Å². The number of amides is 1. The largest absolute Gasteiger partial charge is 0.354 e. The number of hydrogen-bond acceptors (Lipinski definition) is 4. The van der Waals surface area contributed by atoms with Crippen LogP contribution in [0.5, 0.6) is 0 Å². The van der Waals surface area contributed by atoms with Crippen molar-refractivity contribution in [2.24, 2.45) is 0 Å². The van der Waals surface area contributed by atoms with E-state index >= 15 is 0 Å². The minimum Gasteiger partial charge on any atom is -0.354 e. The average molecular weight is 544 g/mol. The highest BCUT2D eigenvalue weighted by Crippen LogP contribution is 2.38. The van der Waals surface area contributed by atoms with Crippen molar-refractivity contribution in [2.45, 2.75) is 37.6 Å². The summed E-state index contributed by atoms with van der Waals surface area (Å²) in [6, 6.07) is 15.8. The van der Waals surface area contributed by atoms with Crippen LogP contribution in [0.3, 0.4) is 0 Å². The summed E-state index contributed by atoms with van der Waals surface area (Å²) in [6.07, 6.45) is 3.38. The molecule has 1 unspecified atom stereocenters. The van der Waals surface area contributed by atoms with E-state index in [9.17, 15) is 22.8 Å². The second kappa shape index (κ2) is 10.4. The first-order valence-electron chi connectivity index (χ1n) is 12.9. The lowest BCUT2D eigenvalue weighted by Crippen LogP contribution is -2.23. The van der Waals surface area contributed by atoms with Crippen LogP contribution in [0.15, 0.2) is 84.0 Å². The fourth-order valence-electron chi connectivity index (χ4n) is 4.98. The molecule has 0 spiro atoms. The highest BCUT2D eigenvalue weighted by molar-refractivity contribution is 6.03. The molecule has 10 heteroatoms. The van der Waals surface area contributed by atoms with Gasteiger partial charge >= 0.3 is 0 Å². The van der Waals surface area contributed by atoms with Gasteiger partial charge < -0.3 is 14.9 Å². The van der Waals surface area contributed by atoms with Gasteiger partial charge in [-0.15, -0.1) is 0 Å². The topological polar surface area (TPSA) is 92.7 Å². The zero-order valence-electron chi connectivity index (χ0n) is 21.2. The van der Waals surface area contributed by atoms with E-state index in [0.29, 0.717) is 33.4 Å². The van der Waals surface area contributed by atoms with Gasteiger partial charge in [-0.1, -0.05) is 18.2 Å². The van der Waals surface area contributed by atoms with E-state index in [1.807, 2.05) is 18.2 Å². The Kier molecular flexibility index (Phi) is 6.67. The van der Waals surface area contributed by atoms with Crippen LogP contribution in [0, 0.1) is 5.82 Å². The molecule has 202 valence electrons. The smallest absolute Gasteiger partial charge is 0.260 e. The number of rotatable bonds is 8. The van der Waals surface area contributed by atoms with Gasteiger partial charge in [-0.3, -0.25) is 14.6 Å². The second-order valence-corrected chi connectivity index (χ2v) is 9.79. The fourth-order valence-corrected chi connectivity index (χ4v) is 4.98. The number of benzene rings is 1. The molecule has 1 aliphatic rings. The third-order valence-corrected chi connectivity index (χ3v) is 7.04. The number of nitrogens with one attached hydrogen (secondary N) is 2. The molecule has 1 aromatic carbocycles. The van der Waals surface area contributed by atoms with Gasteiger partial charge in [-0.25, -0.2) is 18.2 Å². The second-order valence-electron chi connectivity index (χ2n) is 9.79. The third-order valence-electron chi connectivity index (χ3n) is 7.04. The summed E-state index contributed by atoms with van der Waals surface area (Å²) >= 11 is 0. The van der Waals surface area contributed by atoms with E-state index in [0.717, 1.165) is 25.0 Å². The fraction of sp³-hybridized carbons (Fsp3) is 0.200. The van der Waals surface area contributed by atoms with Gasteiger partial charge in [0, 0.05) is 42.2 Å². The Hall–Kier alpha value is -4.73. The number of hydrogen-bond donors (Lipinski definition) is 2. The van der Waals surface area contributed by atoms with Gasteiger partial charge in [0.25, 0.3) is 5.56 Å². The lowest BCUT2D eigenvalue weighted by Gasteiger charge is -2.17. The molecule has 1 fully saturated rings. The van der Waals surface area contributed by atoms with E-state index in [-0.39, 0.29) is 23.0 Å². The van der Waals surface area contributed by atoms with Crippen LogP contribution in [0.1, 0.15) is 36.8 Å². The quantitative estimate of drug-likeness (QED) is 0.240. The van der Waals surface area contributed by atoms with Crippen LogP contribution in [0.4, 0.5) is 19.0 Å². The lowest BCUT2D eigenvalue weighted by molar-refractivity contribution is -0.118. The molecule has 1 saturated carbocycles. The molecule has 1 amide bonds. The number of anilines is 1. The van der Waals surface area contributed by atoms with Crippen molar-refractivity contribution in [2.75, 3.05) is 5.32 Å². The molecule has 1 atom stereocenters. The van der Waals surface area contributed by atoms with Crippen LogP contribution in [0.2, 0.25) is 0 Å². The summed E-state index contributed by atoms with van der Waals surface area (Å²) in [4.78, 5) is 38.7. The molecule has 4 heterocycles. The first-order valence-corrected chi connectivity index (χ1v) is 12.9. The number of pyridine rings is 3. The molecule has 6 rings (SSSR count). The lowest BCUT2D eigenvalue weighted by atomic mass is 9.95. The maximum Gasteiger partial charge on any atom is 0.260 e. The van der Waals surface area contributed by atoms with Crippen molar-refractivity contribution in [3.05, 3.63) is 101 Å². The van der Waals surface area contributed by atoms with Gasteiger partial charge in [0.15, 0.2) is 0 Å². The highest BCUT2D eigenvalue weighted by Gasteiger charge is 2.28. The normalized spacial score (nSPS) is 14.0. The standard InChI is InChI=1S/C30H24F3N5O2/c31-19-6-4-17(5-7-19)21(16-24(32)33)29(39)37-25-15-18(10-13-35-25)28-26(22-3-1-2-12-34-22)27-23(36-28)11-14-38(30(27)40)20-8-9-20/h1-7,10-15,20-21,24,36H,8-9,16H2,(H,35,37,39). The summed E-state index contributed by atoms with van der Waals surface area (Å²) in [5, 5.41) is 3.15. The molecule has 0 radical (unpaired) electrons. The van der Waals surface area contributed by atoms with E-state index in [2.05, 4.69) is 20.3 Å². The monoisotopic (exact) mass is 543 g/mol. The highest BCUT2D eigenvalue weighted by atomic mass is 19.3. The molecule has 0 saturated heterocycles. The van der Waals surface area contributed by atoms with Gasteiger partial charge in [-0.05, 0) is 60.9 Å².